The number of likely N-dealkylation sites (N-methyl/N-ethyl adjacent to an activating group) is 1. The smallest absolute Gasteiger partial charge is 0.0948 e. The van der Waals surface area contributed by atoms with E-state index in [9.17, 15) is 0 Å². The summed E-state index contributed by atoms with van der Waals surface area (Å²) in [6, 6.07) is 0.233. The first-order valence-electron chi connectivity index (χ1n) is 7.35. The van der Waals surface area contributed by atoms with Gasteiger partial charge >= 0.3 is 0 Å². The van der Waals surface area contributed by atoms with Crippen LogP contribution < -0.4 is 5.73 Å². The zero-order valence-electron chi connectivity index (χ0n) is 12.1. The summed E-state index contributed by atoms with van der Waals surface area (Å²) in [7, 11) is 0. The van der Waals surface area contributed by atoms with Gasteiger partial charge in [-0.3, -0.25) is 4.90 Å². The summed E-state index contributed by atoms with van der Waals surface area (Å²) in [6.07, 6.45) is 6.55. The maximum absolute atomic E-state index is 6.01. The predicted octanol–water partition coefficient (Wildman–Crippen LogP) is 1.40. The number of aromatic nitrogens is 2. The minimum absolute atomic E-state index is 0.233. The molecule has 1 aromatic rings. The van der Waals surface area contributed by atoms with E-state index in [1.165, 1.54) is 18.5 Å². The van der Waals surface area contributed by atoms with Crippen LogP contribution in [-0.4, -0.2) is 46.8 Å². The van der Waals surface area contributed by atoms with Gasteiger partial charge in [0.25, 0.3) is 0 Å². The van der Waals surface area contributed by atoms with Crippen molar-refractivity contribution in [1.82, 2.24) is 14.5 Å². The van der Waals surface area contributed by atoms with Gasteiger partial charge in [0.1, 0.15) is 0 Å². The van der Waals surface area contributed by atoms with E-state index in [2.05, 4.69) is 28.3 Å². The highest BCUT2D eigenvalue weighted by Crippen LogP contribution is 2.22. The fraction of sp³-hybridized carbons (Fsp3) is 0.786. The molecule has 0 aliphatic carbocycles. The van der Waals surface area contributed by atoms with Crippen molar-refractivity contribution in [3.63, 3.8) is 0 Å². The SMILES string of the molecule is CCN(CC1CCCO1)C(CN)c1cncn1CC. The van der Waals surface area contributed by atoms with Crippen molar-refractivity contribution in [3.05, 3.63) is 18.2 Å². The average molecular weight is 266 g/mol. The van der Waals surface area contributed by atoms with Crippen molar-refractivity contribution in [1.29, 1.82) is 0 Å². The van der Waals surface area contributed by atoms with Crippen LogP contribution in [0.3, 0.4) is 0 Å². The zero-order chi connectivity index (χ0) is 13.7. The highest BCUT2D eigenvalue weighted by molar-refractivity contribution is 5.06. The summed E-state index contributed by atoms with van der Waals surface area (Å²) in [6.45, 7) is 8.72. The molecule has 2 rings (SSSR count). The van der Waals surface area contributed by atoms with Crippen LogP contribution in [0, 0.1) is 0 Å². The van der Waals surface area contributed by atoms with Crippen molar-refractivity contribution in [3.8, 4) is 0 Å². The number of hydrogen-bond donors (Lipinski definition) is 1. The van der Waals surface area contributed by atoms with E-state index < -0.39 is 0 Å². The van der Waals surface area contributed by atoms with Gasteiger partial charge in [-0.2, -0.15) is 0 Å². The third-order valence-electron chi connectivity index (χ3n) is 3.96. The summed E-state index contributed by atoms with van der Waals surface area (Å²) in [5.41, 5.74) is 7.23. The van der Waals surface area contributed by atoms with Crippen LogP contribution in [0.4, 0.5) is 0 Å². The van der Waals surface area contributed by atoms with Crippen LogP contribution in [0.5, 0.6) is 0 Å². The van der Waals surface area contributed by atoms with Crippen molar-refractivity contribution < 1.29 is 4.74 Å². The average Bonchev–Trinajstić information content (AvgIpc) is 3.09. The Morgan fingerprint density at radius 3 is 3.00 bits per heavy atom. The molecule has 5 heteroatoms. The van der Waals surface area contributed by atoms with Gasteiger partial charge < -0.3 is 15.0 Å². The van der Waals surface area contributed by atoms with Crippen LogP contribution >= 0.6 is 0 Å². The number of nitrogens with two attached hydrogens (primary N) is 1. The Balaban J connectivity index is 2.09. The Morgan fingerprint density at radius 1 is 1.58 bits per heavy atom. The molecule has 1 aliphatic rings. The molecule has 2 N–H and O–H groups in total. The van der Waals surface area contributed by atoms with Gasteiger partial charge in [0.05, 0.1) is 24.2 Å². The number of ether oxygens (including phenoxy) is 1. The molecular formula is C14H26N4O. The van der Waals surface area contributed by atoms with Crippen molar-refractivity contribution >= 4 is 0 Å². The minimum atomic E-state index is 0.233. The topological polar surface area (TPSA) is 56.3 Å². The highest BCUT2D eigenvalue weighted by Gasteiger charge is 2.25. The number of aryl methyl sites for hydroxylation is 1. The predicted molar refractivity (Wildman–Crippen MR) is 75.9 cm³/mol. The Bertz CT molecular complexity index is 373. The standard InChI is InChI=1S/C14H26N4O/c1-3-17(10-12-6-5-7-19-12)13(8-15)14-9-16-11-18(14)4-2/h9,11-13H,3-8,10,15H2,1-2H3. The summed E-state index contributed by atoms with van der Waals surface area (Å²) < 4.78 is 7.93. The minimum Gasteiger partial charge on any atom is -0.377 e. The van der Waals surface area contributed by atoms with E-state index in [4.69, 9.17) is 10.5 Å². The van der Waals surface area contributed by atoms with Crippen molar-refractivity contribution in [2.24, 2.45) is 5.73 Å². The van der Waals surface area contributed by atoms with Gasteiger partial charge in [-0.25, -0.2) is 4.98 Å². The van der Waals surface area contributed by atoms with Crippen molar-refractivity contribution in [2.75, 3.05) is 26.2 Å². The molecule has 1 fully saturated rings. The van der Waals surface area contributed by atoms with Gasteiger partial charge in [-0.05, 0) is 26.3 Å². The fourth-order valence-corrected chi connectivity index (χ4v) is 2.86. The molecule has 5 nitrogen and oxygen atoms in total. The normalized spacial score (nSPS) is 21.2. The van der Waals surface area contributed by atoms with Crippen LogP contribution in [0.15, 0.2) is 12.5 Å². The van der Waals surface area contributed by atoms with Crippen molar-refractivity contribution in [2.45, 2.75) is 45.4 Å². The molecule has 0 amide bonds. The lowest BCUT2D eigenvalue weighted by molar-refractivity contribution is 0.0588. The van der Waals surface area contributed by atoms with E-state index >= 15 is 0 Å². The van der Waals surface area contributed by atoms with Crippen LogP contribution in [-0.2, 0) is 11.3 Å². The number of rotatable bonds is 7. The molecule has 1 aliphatic heterocycles. The lowest BCUT2D eigenvalue weighted by Crippen LogP contribution is -2.39. The first-order chi connectivity index (χ1) is 9.30. The molecule has 2 heterocycles. The molecule has 2 unspecified atom stereocenters. The molecule has 19 heavy (non-hydrogen) atoms. The molecule has 0 spiro atoms. The van der Waals surface area contributed by atoms with E-state index in [0.717, 1.165) is 26.2 Å². The van der Waals surface area contributed by atoms with Crippen LogP contribution in [0.2, 0.25) is 0 Å². The molecule has 1 aromatic heterocycles. The summed E-state index contributed by atoms with van der Waals surface area (Å²) >= 11 is 0. The fourth-order valence-electron chi connectivity index (χ4n) is 2.86. The lowest BCUT2D eigenvalue weighted by atomic mass is 10.1. The maximum Gasteiger partial charge on any atom is 0.0948 e. The zero-order valence-corrected chi connectivity index (χ0v) is 12.1. The second kappa shape index (κ2) is 7.03. The van der Waals surface area contributed by atoms with Gasteiger partial charge in [-0.15, -0.1) is 0 Å². The van der Waals surface area contributed by atoms with E-state index in [0.29, 0.717) is 12.6 Å². The Kier molecular flexibility index (Phi) is 5.36. The van der Waals surface area contributed by atoms with Gasteiger partial charge in [-0.1, -0.05) is 6.92 Å². The Morgan fingerprint density at radius 2 is 2.42 bits per heavy atom. The molecule has 2 atom stereocenters. The Labute approximate surface area is 115 Å². The molecule has 0 radical (unpaired) electrons. The van der Waals surface area contributed by atoms with Crippen LogP contribution in [0.1, 0.15) is 38.4 Å². The highest BCUT2D eigenvalue weighted by atomic mass is 16.5. The Hall–Kier alpha value is -0.910. The summed E-state index contributed by atoms with van der Waals surface area (Å²) in [4.78, 5) is 6.68. The third-order valence-corrected chi connectivity index (χ3v) is 3.96. The first kappa shape index (κ1) is 14.5. The second-order valence-corrected chi connectivity index (χ2v) is 5.08. The second-order valence-electron chi connectivity index (χ2n) is 5.08. The van der Waals surface area contributed by atoms with E-state index in [-0.39, 0.29) is 6.04 Å². The van der Waals surface area contributed by atoms with Gasteiger partial charge in [0.15, 0.2) is 0 Å². The molecule has 0 aromatic carbocycles. The first-order valence-corrected chi connectivity index (χ1v) is 7.35. The van der Waals surface area contributed by atoms with Gasteiger partial charge in [0, 0.05) is 32.4 Å². The molecule has 108 valence electrons. The number of imidazole rings is 1. The monoisotopic (exact) mass is 266 g/mol. The van der Waals surface area contributed by atoms with E-state index in [1.54, 1.807) is 0 Å². The lowest BCUT2D eigenvalue weighted by Gasteiger charge is -2.32. The number of nitrogens with zero attached hydrogens (tertiary/aromatic N) is 3. The van der Waals surface area contributed by atoms with Gasteiger partial charge in [0.2, 0.25) is 0 Å². The molecular weight excluding hydrogens is 240 g/mol. The molecule has 0 saturated carbocycles. The summed E-state index contributed by atoms with van der Waals surface area (Å²) in [5, 5.41) is 0. The third kappa shape index (κ3) is 3.35. The molecule has 1 saturated heterocycles. The summed E-state index contributed by atoms with van der Waals surface area (Å²) in [5.74, 6) is 0. The molecule has 0 bridgehead atoms. The number of hydrogen-bond acceptors (Lipinski definition) is 4. The van der Waals surface area contributed by atoms with E-state index in [1.807, 2.05) is 12.5 Å². The maximum atomic E-state index is 6.01. The largest absolute Gasteiger partial charge is 0.377 e. The van der Waals surface area contributed by atoms with Crippen LogP contribution in [0.25, 0.3) is 0 Å². The quantitative estimate of drug-likeness (QED) is 0.810.